The van der Waals surface area contributed by atoms with Crippen LogP contribution in [-0.4, -0.2) is 32.0 Å². The minimum Gasteiger partial charge on any atom is -0.406 e. The summed E-state index contributed by atoms with van der Waals surface area (Å²) in [5.74, 6) is 0. The largest absolute Gasteiger partial charge is 0.406 e. The molecule has 0 bridgehead atoms. The zero-order valence-electron chi connectivity index (χ0n) is 7.44. The fraction of sp³-hybridized carbons (Fsp3) is 1.00. The molecule has 0 saturated heterocycles. The molecule has 0 heterocycles. The van der Waals surface area contributed by atoms with Gasteiger partial charge < -0.3 is 9.16 Å². The Labute approximate surface area is 67.5 Å². The SMILES string of the molecule is C[Si](C)(C)CCOCO[SiH3]. The Balaban J connectivity index is 3.04. The Kier molecular flexibility index (Phi) is 5.24. The lowest BCUT2D eigenvalue weighted by atomic mass is 10.9. The van der Waals surface area contributed by atoms with Crippen molar-refractivity contribution in [2.75, 3.05) is 13.4 Å². The molecule has 0 aliphatic rings. The van der Waals surface area contributed by atoms with Gasteiger partial charge in [0.1, 0.15) is 17.3 Å². The highest BCUT2D eigenvalue weighted by molar-refractivity contribution is 6.76. The Bertz CT molecular complexity index is 80.3. The van der Waals surface area contributed by atoms with Crippen LogP contribution in [0.4, 0.5) is 0 Å². The van der Waals surface area contributed by atoms with Crippen LogP contribution in [0.2, 0.25) is 25.7 Å². The first-order chi connectivity index (χ1) is 4.56. The predicted octanol–water partition coefficient (Wildman–Crippen LogP) is 0.596. The van der Waals surface area contributed by atoms with Gasteiger partial charge in [0.15, 0.2) is 0 Å². The molecule has 0 radical (unpaired) electrons. The molecule has 2 nitrogen and oxygen atoms in total. The molecule has 0 rings (SSSR count). The summed E-state index contributed by atoms with van der Waals surface area (Å²) in [4.78, 5) is 0. The van der Waals surface area contributed by atoms with Gasteiger partial charge in [-0.25, -0.2) is 0 Å². The third-order valence-corrected chi connectivity index (χ3v) is 3.14. The van der Waals surface area contributed by atoms with E-state index in [1.54, 1.807) is 0 Å². The number of rotatable bonds is 5. The quantitative estimate of drug-likeness (QED) is 0.349. The van der Waals surface area contributed by atoms with Crippen molar-refractivity contribution in [3.63, 3.8) is 0 Å². The number of hydrogen-bond donors (Lipinski definition) is 0. The van der Waals surface area contributed by atoms with Crippen LogP contribution in [0.15, 0.2) is 0 Å². The van der Waals surface area contributed by atoms with Gasteiger partial charge in [0.05, 0.1) is 0 Å². The molecule has 0 aromatic heterocycles. The lowest BCUT2D eigenvalue weighted by Crippen LogP contribution is -2.21. The van der Waals surface area contributed by atoms with Crippen LogP contribution in [0.3, 0.4) is 0 Å². The molecule has 0 spiro atoms. The van der Waals surface area contributed by atoms with E-state index >= 15 is 0 Å². The number of ether oxygens (including phenoxy) is 1. The first-order valence-electron chi connectivity index (χ1n) is 3.63. The van der Waals surface area contributed by atoms with Gasteiger partial charge in [-0.15, -0.1) is 0 Å². The molecular weight excluding hydrogens is 160 g/mol. The standard InChI is InChI=1S/C6H18O2Si2/c1-10(2,3)5-4-7-6-8-9/h4-6H2,1-3,9H3. The molecule has 62 valence electrons. The maximum Gasteiger partial charge on any atom is 0.149 e. The lowest BCUT2D eigenvalue weighted by molar-refractivity contribution is 0.0274. The van der Waals surface area contributed by atoms with Crippen molar-refractivity contribution in [1.82, 2.24) is 0 Å². The van der Waals surface area contributed by atoms with Gasteiger partial charge in [-0.2, -0.15) is 0 Å². The fourth-order valence-corrected chi connectivity index (χ4v) is 1.44. The van der Waals surface area contributed by atoms with Crippen molar-refractivity contribution in [1.29, 1.82) is 0 Å². The summed E-state index contributed by atoms with van der Waals surface area (Å²) in [5.41, 5.74) is 0. The van der Waals surface area contributed by atoms with Crippen molar-refractivity contribution in [3.8, 4) is 0 Å². The molecule has 0 aliphatic carbocycles. The van der Waals surface area contributed by atoms with Gasteiger partial charge in [-0.1, -0.05) is 19.6 Å². The molecule has 0 saturated carbocycles. The minimum atomic E-state index is -0.876. The van der Waals surface area contributed by atoms with Gasteiger partial charge in [-0.3, -0.25) is 0 Å². The molecule has 0 atom stereocenters. The van der Waals surface area contributed by atoms with Crippen LogP contribution in [0.5, 0.6) is 0 Å². The average molecular weight is 178 g/mol. The summed E-state index contributed by atoms with van der Waals surface area (Å²) in [7, 11) is -0.0950. The van der Waals surface area contributed by atoms with Crippen LogP contribution in [-0.2, 0) is 9.16 Å². The molecule has 0 aromatic rings. The molecular formula is C6H18O2Si2. The van der Waals surface area contributed by atoms with E-state index in [1.165, 1.54) is 6.04 Å². The smallest absolute Gasteiger partial charge is 0.149 e. The highest BCUT2D eigenvalue weighted by atomic mass is 28.3. The summed E-state index contributed by atoms with van der Waals surface area (Å²) >= 11 is 0. The maximum absolute atomic E-state index is 5.21. The van der Waals surface area contributed by atoms with E-state index in [0.717, 1.165) is 17.1 Å². The molecule has 10 heavy (non-hydrogen) atoms. The van der Waals surface area contributed by atoms with E-state index in [1.807, 2.05) is 0 Å². The zero-order valence-corrected chi connectivity index (χ0v) is 10.4. The summed E-state index contributed by atoms with van der Waals surface area (Å²) in [6.07, 6.45) is 0. The summed E-state index contributed by atoms with van der Waals surface area (Å²) in [6.45, 7) is 8.41. The minimum absolute atomic E-state index is 0.497. The zero-order chi connectivity index (χ0) is 8.04. The van der Waals surface area contributed by atoms with E-state index < -0.39 is 8.07 Å². The molecule has 0 aromatic carbocycles. The van der Waals surface area contributed by atoms with Crippen LogP contribution in [0, 0.1) is 0 Å². The number of hydrogen-bond acceptors (Lipinski definition) is 2. The highest BCUT2D eigenvalue weighted by Crippen LogP contribution is 2.06. The molecule has 0 amide bonds. The maximum atomic E-state index is 5.21. The first-order valence-corrected chi connectivity index (χ1v) is 8.15. The van der Waals surface area contributed by atoms with E-state index in [-0.39, 0.29) is 0 Å². The van der Waals surface area contributed by atoms with Crippen molar-refractivity contribution in [2.45, 2.75) is 25.7 Å². The monoisotopic (exact) mass is 178 g/mol. The van der Waals surface area contributed by atoms with Crippen LogP contribution in [0.25, 0.3) is 0 Å². The first kappa shape index (κ1) is 10.4. The van der Waals surface area contributed by atoms with Crippen LogP contribution in [0.1, 0.15) is 0 Å². The second-order valence-corrected chi connectivity index (χ2v) is 9.82. The summed E-state index contributed by atoms with van der Waals surface area (Å²) < 4.78 is 10.1. The predicted molar refractivity (Wildman–Crippen MR) is 50.0 cm³/mol. The molecule has 0 N–H and O–H groups in total. The van der Waals surface area contributed by atoms with Crippen LogP contribution < -0.4 is 0 Å². The summed E-state index contributed by atoms with van der Waals surface area (Å²) in [5, 5.41) is 0. The van der Waals surface area contributed by atoms with Gasteiger partial charge in [0, 0.05) is 14.7 Å². The van der Waals surface area contributed by atoms with E-state index in [0.29, 0.717) is 6.79 Å². The second-order valence-electron chi connectivity index (χ2n) is 3.63. The van der Waals surface area contributed by atoms with Gasteiger partial charge in [-0.05, 0) is 6.04 Å². The van der Waals surface area contributed by atoms with E-state index in [2.05, 4.69) is 19.6 Å². The van der Waals surface area contributed by atoms with Gasteiger partial charge in [0.2, 0.25) is 0 Å². The van der Waals surface area contributed by atoms with E-state index in [4.69, 9.17) is 9.16 Å². The Morgan fingerprint density at radius 1 is 1.30 bits per heavy atom. The third kappa shape index (κ3) is 8.35. The van der Waals surface area contributed by atoms with Crippen LogP contribution >= 0.6 is 0 Å². The third-order valence-electron chi connectivity index (χ3n) is 1.20. The Morgan fingerprint density at radius 2 is 1.90 bits per heavy atom. The van der Waals surface area contributed by atoms with E-state index in [9.17, 15) is 0 Å². The highest BCUT2D eigenvalue weighted by Gasteiger charge is 2.11. The molecule has 0 fully saturated rings. The van der Waals surface area contributed by atoms with Crippen molar-refractivity contribution in [2.24, 2.45) is 0 Å². The Hall–Kier alpha value is 0.354. The topological polar surface area (TPSA) is 18.5 Å². The molecule has 0 unspecified atom stereocenters. The van der Waals surface area contributed by atoms with Crippen molar-refractivity contribution in [3.05, 3.63) is 0 Å². The van der Waals surface area contributed by atoms with Gasteiger partial charge >= 0.3 is 0 Å². The normalized spacial score (nSPS) is 12.3. The lowest BCUT2D eigenvalue weighted by Gasteiger charge is -2.14. The molecule has 4 heteroatoms. The van der Waals surface area contributed by atoms with Crippen molar-refractivity contribution < 1.29 is 9.16 Å². The summed E-state index contributed by atoms with van der Waals surface area (Å²) in [6, 6.07) is 1.23. The fourth-order valence-electron chi connectivity index (χ4n) is 0.521. The average Bonchev–Trinajstić information content (AvgIpc) is 1.78. The second kappa shape index (κ2) is 5.06. The van der Waals surface area contributed by atoms with Crippen molar-refractivity contribution >= 4 is 18.6 Å². The Morgan fingerprint density at radius 3 is 2.30 bits per heavy atom. The van der Waals surface area contributed by atoms with Gasteiger partial charge in [0.25, 0.3) is 0 Å². The molecule has 0 aliphatic heterocycles.